The van der Waals surface area contributed by atoms with E-state index in [1.165, 1.54) is 0 Å². The first-order chi connectivity index (χ1) is 8.99. The van der Waals surface area contributed by atoms with Crippen LogP contribution in [0.25, 0.3) is 0 Å². The molecular formula is C14H12BrClN2O. The third-order valence-corrected chi connectivity index (χ3v) is 3.53. The van der Waals surface area contributed by atoms with Crippen molar-refractivity contribution in [3.8, 4) is 0 Å². The van der Waals surface area contributed by atoms with Gasteiger partial charge in [0.15, 0.2) is 0 Å². The average Bonchev–Trinajstić information content (AvgIpc) is 2.33. The van der Waals surface area contributed by atoms with Crippen LogP contribution in [0.5, 0.6) is 0 Å². The Balaban J connectivity index is 2.31. The molecule has 0 saturated heterocycles. The van der Waals surface area contributed by atoms with E-state index < -0.39 is 0 Å². The number of halogens is 2. The van der Waals surface area contributed by atoms with Gasteiger partial charge in [0.25, 0.3) is 5.91 Å². The lowest BCUT2D eigenvalue weighted by Crippen LogP contribution is -2.14. The fourth-order valence-corrected chi connectivity index (χ4v) is 2.47. The number of rotatable bonds is 2. The van der Waals surface area contributed by atoms with E-state index in [4.69, 9.17) is 17.3 Å². The number of anilines is 2. The van der Waals surface area contributed by atoms with Crippen LogP contribution in [-0.2, 0) is 0 Å². The summed E-state index contributed by atoms with van der Waals surface area (Å²) in [5.41, 5.74) is 8.32. The molecule has 0 aliphatic rings. The van der Waals surface area contributed by atoms with E-state index in [0.29, 0.717) is 22.0 Å². The predicted molar refractivity (Wildman–Crippen MR) is 82.7 cm³/mol. The van der Waals surface area contributed by atoms with Crippen LogP contribution in [0.15, 0.2) is 40.9 Å². The molecule has 0 fully saturated rings. The molecule has 0 heterocycles. The zero-order valence-corrected chi connectivity index (χ0v) is 12.5. The summed E-state index contributed by atoms with van der Waals surface area (Å²) in [6, 6.07) is 10.6. The molecular weight excluding hydrogens is 328 g/mol. The molecule has 5 heteroatoms. The number of nitrogen functional groups attached to an aromatic ring is 1. The van der Waals surface area contributed by atoms with Gasteiger partial charge in [0, 0.05) is 4.47 Å². The monoisotopic (exact) mass is 338 g/mol. The largest absolute Gasteiger partial charge is 0.397 e. The quantitative estimate of drug-likeness (QED) is 0.804. The number of aryl methyl sites for hydroxylation is 1. The van der Waals surface area contributed by atoms with Gasteiger partial charge >= 0.3 is 0 Å². The summed E-state index contributed by atoms with van der Waals surface area (Å²) in [4.78, 5) is 12.2. The molecule has 0 aliphatic heterocycles. The molecule has 3 nitrogen and oxygen atoms in total. The molecule has 0 aromatic heterocycles. The van der Waals surface area contributed by atoms with E-state index in [2.05, 4.69) is 21.2 Å². The minimum atomic E-state index is -0.279. The topological polar surface area (TPSA) is 55.1 Å². The second-order valence-electron chi connectivity index (χ2n) is 4.12. The Bertz CT molecular complexity index is 623. The van der Waals surface area contributed by atoms with E-state index in [9.17, 15) is 4.79 Å². The number of carbonyl (C=O) groups excluding carboxylic acids is 1. The summed E-state index contributed by atoms with van der Waals surface area (Å²) in [6.07, 6.45) is 0. The van der Waals surface area contributed by atoms with Crippen molar-refractivity contribution in [2.45, 2.75) is 6.92 Å². The van der Waals surface area contributed by atoms with Gasteiger partial charge in [-0.05, 0) is 36.8 Å². The van der Waals surface area contributed by atoms with Gasteiger partial charge in [-0.15, -0.1) is 0 Å². The number of benzene rings is 2. The standard InChI is InChI=1S/C14H12BrClN2O/c1-8-3-2-4-12(17)13(8)18-14(19)10-6-5-9(15)7-11(10)16/h2-7H,17H2,1H3,(H,18,19). The molecule has 2 rings (SSSR count). The maximum atomic E-state index is 12.2. The molecule has 98 valence electrons. The molecule has 1 amide bonds. The van der Waals surface area contributed by atoms with Crippen molar-refractivity contribution in [2.24, 2.45) is 0 Å². The molecule has 0 saturated carbocycles. The van der Waals surface area contributed by atoms with Gasteiger partial charge in [-0.2, -0.15) is 0 Å². The van der Waals surface area contributed by atoms with Crippen molar-refractivity contribution >= 4 is 44.8 Å². The molecule has 0 aliphatic carbocycles. The van der Waals surface area contributed by atoms with Crippen molar-refractivity contribution in [3.05, 3.63) is 57.0 Å². The molecule has 0 bridgehead atoms. The smallest absolute Gasteiger partial charge is 0.257 e. The summed E-state index contributed by atoms with van der Waals surface area (Å²) >= 11 is 9.35. The lowest BCUT2D eigenvalue weighted by atomic mass is 10.1. The number of hydrogen-bond acceptors (Lipinski definition) is 2. The molecule has 0 atom stereocenters. The normalized spacial score (nSPS) is 10.3. The highest BCUT2D eigenvalue weighted by Gasteiger charge is 2.13. The van der Waals surface area contributed by atoms with Gasteiger partial charge in [-0.1, -0.05) is 39.7 Å². The Morgan fingerprint density at radius 2 is 2.05 bits per heavy atom. The van der Waals surface area contributed by atoms with Crippen LogP contribution in [0.3, 0.4) is 0 Å². The van der Waals surface area contributed by atoms with Crippen LogP contribution in [-0.4, -0.2) is 5.91 Å². The molecule has 0 spiro atoms. The average molecular weight is 340 g/mol. The van der Waals surface area contributed by atoms with Crippen LogP contribution in [0.1, 0.15) is 15.9 Å². The second kappa shape index (κ2) is 5.63. The lowest BCUT2D eigenvalue weighted by Gasteiger charge is -2.12. The van der Waals surface area contributed by atoms with Gasteiger partial charge in [0.2, 0.25) is 0 Å². The van der Waals surface area contributed by atoms with Crippen LogP contribution < -0.4 is 11.1 Å². The van der Waals surface area contributed by atoms with Gasteiger partial charge in [-0.3, -0.25) is 4.79 Å². The minimum absolute atomic E-state index is 0.279. The molecule has 0 radical (unpaired) electrons. The number of amides is 1. The fourth-order valence-electron chi connectivity index (χ4n) is 1.72. The molecule has 2 aromatic rings. The van der Waals surface area contributed by atoms with Gasteiger partial charge in [0.1, 0.15) is 0 Å². The number of hydrogen-bond donors (Lipinski definition) is 2. The fraction of sp³-hybridized carbons (Fsp3) is 0.0714. The van der Waals surface area contributed by atoms with Crippen LogP contribution in [0.4, 0.5) is 11.4 Å². The third-order valence-electron chi connectivity index (χ3n) is 2.72. The number of carbonyl (C=O) groups is 1. The van der Waals surface area contributed by atoms with Gasteiger partial charge in [-0.25, -0.2) is 0 Å². The van der Waals surface area contributed by atoms with Gasteiger partial charge in [0.05, 0.1) is 22.0 Å². The van der Waals surface area contributed by atoms with E-state index >= 15 is 0 Å². The van der Waals surface area contributed by atoms with E-state index in [0.717, 1.165) is 10.0 Å². The summed E-state index contributed by atoms with van der Waals surface area (Å²) < 4.78 is 0.824. The second-order valence-corrected chi connectivity index (χ2v) is 5.44. The first-order valence-corrected chi connectivity index (χ1v) is 6.77. The highest BCUT2D eigenvalue weighted by atomic mass is 79.9. The molecule has 2 aromatic carbocycles. The maximum Gasteiger partial charge on any atom is 0.257 e. The highest BCUT2D eigenvalue weighted by Crippen LogP contribution is 2.26. The van der Waals surface area contributed by atoms with Crippen molar-refractivity contribution in [3.63, 3.8) is 0 Å². The Morgan fingerprint density at radius 3 is 2.68 bits per heavy atom. The van der Waals surface area contributed by atoms with Crippen molar-refractivity contribution in [1.29, 1.82) is 0 Å². The first-order valence-electron chi connectivity index (χ1n) is 5.60. The van der Waals surface area contributed by atoms with Crippen LogP contribution in [0.2, 0.25) is 5.02 Å². The van der Waals surface area contributed by atoms with E-state index in [1.54, 1.807) is 24.3 Å². The van der Waals surface area contributed by atoms with Gasteiger partial charge < -0.3 is 11.1 Å². The van der Waals surface area contributed by atoms with E-state index in [1.807, 2.05) is 19.1 Å². The lowest BCUT2D eigenvalue weighted by molar-refractivity contribution is 0.102. The minimum Gasteiger partial charge on any atom is -0.397 e. The number of nitrogens with two attached hydrogens (primary N) is 1. The number of nitrogens with one attached hydrogen (secondary N) is 1. The maximum absolute atomic E-state index is 12.2. The Kier molecular flexibility index (Phi) is 4.12. The zero-order valence-electron chi connectivity index (χ0n) is 10.2. The molecule has 19 heavy (non-hydrogen) atoms. The Morgan fingerprint density at radius 1 is 1.32 bits per heavy atom. The highest BCUT2D eigenvalue weighted by molar-refractivity contribution is 9.10. The number of para-hydroxylation sites is 1. The molecule has 0 unspecified atom stereocenters. The Labute approximate surface area is 124 Å². The summed E-state index contributed by atoms with van der Waals surface area (Å²) in [6.45, 7) is 1.88. The summed E-state index contributed by atoms with van der Waals surface area (Å²) in [7, 11) is 0. The summed E-state index contributed by atoms with van der Waals surface area (Å²) in [5.74, 6) is -0.279. The predicted octanol–water partition coefficient (Wildman–Crippen LogP) is 4.25. The van der Waals surface area contributed by atoms with Crippen LogP contribution in [0, 0.1) is 6.92 Å². The van der Waals surface area contributed by atoms with Crippen molar-refractivity contribution in [1.82, 2.24) is 0 Å². The van der Waals surface area contributed by atoms with Crippen LogP contribution >= 0.6 is 27.5 Å². The van der Waals surface area contributed by atoms with E-state index in [-0.39, 0.29) is 5.91 Å². The Hall–Kier alpha value is -1.52. The summed E-state index contributed by atoms with van der Waals surface area (Å²) in [5, 5.41) is 3.18. The van der Waals surface area contributed by atoms with Crippen molar-refractivity contribution < 1.29 is 4.79 Å². The third kappa shape index (κ3) is 3.08. The molecule has 3 N–H and O–H groups in total. The SMILES string of the molecule is Cc1cccc(N)c1NC(=O)c1ccc(Br)cc1Cl. The van der Waals surface area contributed by atoms with Crippen molar-refractivity contribution in [2.75, 3.05) is 11.1 Å². The zero-order chi connectivity index (χ0) is 14.0. The first kappa shape index (κ1) is 13.9.